The molecule has 1 rings (SSSR count). The van der Waals surface area contributed by atoms with Crippen molar-refractivity contribution in [3.63, 3.8) is 0 Å². The van der Waals surface area contributed by atoms with Crippen molar-refractivity contribution in [3.05, 3.63) is 0 Å². The minimum atomic E-state index is -0.994. The van der Waals surface area contributed by atoms with Gasteiger partial charge in [-0.25, -0.2) is 9.59 Å². The largest absolute Gasteiger partial charge is 0.480 e. The Morgan fingerprint density at radius 1 is 1.32 bits per heavy atom. The van der Waals surface area contributed by atoms with Crippen molar-refractivity contribution in [1.29, 1.82) is 0 Å². The van der Waals surface area contributed by atoms with Crippen molar-refractivity contribution in [1.82, 2.24) is 10.2 Å². The van der Waals surface area contributed by atoms with Gasteiger partial charge in [-0.3, -0.25) is 4.79 Å². The maximum atomic E-state index is 11.7. The Bertz CT molecular complexity index is 339. The molecular weight excluding hydrogens is 254 g/mol. The number of piperidine rings is 1. The molecule has 0 radical (unpaired) electrons. The lowest BCUT2D eigenvalue weighted by molar-refractivity contribution is -0.145. The first-order chi connectivity index (χ1) is 8.99. The third-order valence-electron chi connectivity index (χ3n) is 2.82. The standard InChI is InChI=1S/C11H19N3O5/c12-9(15)1-4-13-11(18)14-5-2-8(3-6-14)19-7-10(16)17/h8H,1-7H2,(H2,12,15)(H,13,18)(H,16,17). The lowest BCUT2D eigenvalue weighted by Gasteiger charge is -2.31. The van der Waals surface area contributed by atoms with Gasteiger partial charge < -0.3 is 25.8 Å². The van der Waals surface area contributed by atoms with Crippen LogP contribution in [0.1, 0.15) is 19.3 Å². The van der Waals surface area contributed by atoms with Crippen LogP contribution >= 0.6 is 0 Å². The molecule has 0 aromatic rings. The molecule has 0 saturated carbocycles. The zero-order valence-electron chi connectivity index (χ0n) is 10.6. The summed E-state index contributed by atoms with van der Waals surface area (Å²) < 4.78 is 5.17. The van der Waals surface area contributed by atoms with E-state index in [1.165, 1.54) is 0 Å². The normalized spacial score (nSPS) is 16.1. The number of aliphatic carboxylic acids is 1. The van der Waals surface area contributed by atoms with E-state index in [0.29, 0.717) is 25.9 Å². The van der Waals surface area contributed by atoms with Gasteiger partial charge in [0.1, 0.15) is 6.61 Å². The first-order valence-electron chi connectivity index (χ1n) is 6.13. The van der Waals surface area contributed by atoms with Gasteiger partial charge in [0.2, 0.25) is 5.91 Å². The van der Waals surface area contributed by atoms with Gasteiger partial charge in [0.15, 0.2) is 0 Å². The average Bonchev–Trinajstić information content (AvgIpc) is 2.36. The van der Waals surface area contributed by atoms with E-state index >= 15 is 0 Å². The summed E-state index contributed by atoms with van der Waals surface area (Å²) in [6.45, 7) is 0.929. The molecule has 1 saturated heterocycles. The van der Waals surface area contributed by atoms with E-state index in [2.05, 4.69) is 5.32 Å². The van der Waals surface area contributed by atoms with Crippen molar-refractivity contribution in [2.45, 2.75) is 25.4 Å². The zero-order chi connectivity index (χ0) is 14.3. The Hall–Kier alpha value is -1.83. The molecule has 1 fully saturated rings. The fourth-order valence-corrected chi connectivity index (χ4v) is 1.82. The molecule has 0 aromatic heterocycles. The Morgan fingerprint density at radius 3 is 2.47 bits per heavy atom. The Morgan fingerprint density at radius 2 is 1.95 bits per heavy atom. The van der Waals surface area contributed by atoms with Crippen molar-refractivity contribution < 1.29 is 24.2 Å². The summed E-state index contributed by atoms with van der Waals surface area (Å²) in [6.07, 6.45) is 1.21. The number of nitrogens with two attached hydrogens (primary N) is 1. The van der Waals surface area contributed by atoms with Crippen LogP contribution in [0.15, 0.2) is 0 Å². The highest BCUT2D eigenvalue weighted by Gasteiger charge is 2.23. The van der Waals surface area contributed by atoms with Crippen molar-refractivity contribution in [2.75, 3.05) is 26.2 Å². The highest BCUT2D eigenvalue weighted by molar-refractivity contribution is 5.77. The van der Waals surface area contributed by atoms with Crippen molar-refractivity contribution >= 4 is 17.9 Å². The number of likely N-dealkylation sites (tertiary alicyclic amines) is 1. The van der Waals surface area contributed by atoms with Gasteiger partial charge in [-0.1, -0.05) is 0 Å². The Balaban J connectivity index is 2.19. The maximum absolute atomic E-state index is 11.7. The lowest BCUT2D eigenvalue weighted by Crippen LogP contribution is -2.46. The van der Waals surface area contributed by atoms with E-state index < -0.39 is 11.9 Å². The molecule has 1 aliphatic heterocycles. The van der Waals surface area contributed by atoms with Gasteiger partial charge in [-0.05, 0) is 12.8 Å². The van der Waals surface area contributed by atoms with Crippen LogP contribution in [-0.4, -0.2) is 60.3 Å². The van der Waals surface area contributed by atoms with E-state index in [4.69, 9.17) is 15.6 Å². The van der Waals surface area contributed by atoms with Gasteiger partial charge >= 0.3 is 12.0 Å². The van der Waals surface area contributed by atoms with Gasteiger partial charge in [-0.15, -0.1) is 0 Å². The summed E-state index contributed by atoms with van der Waals surface area (Å²) in [5.41, 5.74) is 4.96. The summed E-state index contributed by atoms with van der Waals surface area (Å²) in [5.74, 6) is -1.45. The summed E-state index contributed by atoms with van der Waals surface area (Å²) in [4.78, 5) is 34.2. The third kappa shape index (κ3) is 6.05. The highest BCUT2D eigenvalue weighted by Crippen LogP contribution is 2.13. The number of amides is 3. The molecule has 8 nitrogen and oxygen atoms in total. The molecule has 108 valence electrons. The zero-order valence-corrected chi connectivity index (χ0v) is 10.6. The fraction of sp³-hybridized carbons (Fsp3) is 0.727. The molecule has 0 aliphatic carbocycles. The van der Waals surface area contributed by atoms with Crippen LogP contribution in [0.2, 0.25) is 0 Å². The number of urea groups is 1. The lowest BCUT2D eigenvalue weighted by atomic mass is 10.1. The molecule has 3 amide bonds. The smallest absolute Gasteiger partial charge is 0.329 e. The predicted molar refractivity (Wildman–Crippen MR) is 65.4 cm³/mol. The predicted octanol–water partition coefficient (Wildman–Crippen LogP) is -0.863. The molecule has 1 aliphatic rings. The van der Waals surface area contributed by atoms with Crippen LogP contribution in [0.3, 0.4) is 0 Å². The molecule has 19 heavy (non-hydrogen) atoms. The first kappa shape index (κ1) is 15.2. The van der Waals surface area contributed by atoms with Crippen LogP contribution in [0, 0.1) is 0 Å². The number of ether oxygens (including phenoxy) is 1. The second-order valence-corrected chi connectivity index (χ2v) is 4.34. The van der Waals surface area contributed by atoms with Crippen LogP contribution < -0.4 is 11.1 Å². The molecule has 0 bridgehead atoms. The number of nitrogens with one attached hydrogen (secondary N) is 1. The van der Waals surface area contributed by atoms with Crippen LogP contribution in [0.4, 0.5) is 4.79 Å². The van der Waals surface area contributed by atoms with Gasteiger partial charge in [-0.2, -0.15) is 0 Å². The van der Waals surface area contributed by atoms with Gasteiger partial charge in [0.25, 0.3) is 0 Å². The summed E-state index contributed by atoms with van der Waals surface area (Å²) in [5, 5.41) is 11.1. The number of carboxylic acids is 1. The molecular formula is C11H19N3O5. The number of primary amides is 1. The Kier molecular flexibility index (Phi) is 6.07. The minimum absolute atomic E-state index is 0.115. The summed E-state index contributed by atoms with van der Waals surface area (Å²) in [6, 6.07) is -0.238. The number of nitrogens with zero attached hydrogens (tertiary/aromatic N) is 1. The maximum Gasteiger partial charge on any atom is 0.329 e. The molecule has 8 heteroatoms. The SMILES string of the molecule is NC(=O)CCNC(=O)N1CCC(OCC(=O)O)CC1. The Labute approximate surface area is 110 Å². The van der Waals surface area contributed by atoms with E-state index in [0.717, 1.165) is 0 Å². The molecule has 0 spiro atoms. The number of rotatable bonds is 6. The van der Waals surface area contributed by atoms with Crippen molar-refractivity contribution in [3.8, 4) is 0 Å². The number of carbonyl (C=O) groups excluding carboxylic acids is 2. The fourth-order valence-electron chi connectivity index (χ4n) is 1.82. The van der Waals surface area contributed by atoms with E-state index in [-0.39, 0.29) is 31.7 Å². The first-order valence-corrected chi connectivity index (χ1v) is 6.13. The van der Waals surface area contributed by atoms with Crippen LogP contribution in [-0.2, 0) is 14.3 Å². The van der Waals surface area contributed by atoms with Crippen LogP contribution in [0.5, 0.6) is 0 Å². The summed E-state index contributed by atoms with van der Waals surface area (Å²) >= 11 is 0. The number of hydrogen-bond donors (Lipinski definition) is 3. The number of hydrogen-bond acceptors (Lipinski definition) is 4. The topological polar surface area (TPSA) is 122 Å². The molecule has 1 heterocycles. The third-order valence-corrected chi connectivity index (χ3v) is 2.82. The van der Waals surface area contributed by atoms with E-state index in [1.54, 1.807) is 4.90 Å². The number of carboxylic acid groups (broad SMARTS) is 1. The minimum Gasteiger partial charge on any atom is -0.480 e. The van der Waals surface area contributed by atoms with Gasteiger partial charge in [0, 0.05) is 26.1 Å². The van der Waals surface area contributed by atoms with Crippen molar-refractivity contribution in [2.24, 2.45) is 5.73 Å². The highest BCUT2D eigenvalue weighted by atomic mass is 16.5. The second kappa shape index (κ2) is 7.57. The summed E-state index contributed by atoms with van der Waals surface area (Å²) in [7, 11) is 0. The molecule has 4 N–H and O–H groups in total. The van der Waals surface area contributed by atoms with Gasteiger partial charge in [0.05, 0.1) is 6.10 Å². The molecule has 0 atom stereocenters. The molecule has 0 unspecified atom stereocenters. The van der Waals surface area contributed by atoms with E-state index in [9.17, 15) is 14.4 Å². The number of carbonyl (C=O) groups is 3. The van der Waals surface area contributed by atoms with E-state index in [1.807, 2.05) is 0 Å². The second-order valence-electron chi connectivity index (χ2n) is 4.34. The quantitative estimate of drug-likeness (QED) is 0.581. The monoisotopic (exact) mass is 273 g/mol. The molecule has 0 aromatic carbocycles. The van der Waals surface area contributed by atoms with Crippen LogP contribution in [0.25, 0.3) is 0 Å². The average molecular weight is 273 g/mol.